The first-order valence-corrected chi connectivity index (χ1v) is 6.45. The second kappa shape index (κ2) is 6.54. The number of methoxy groups -OCH3 is 1. The fourth-order valence-corrected chi connectivity index (χ4v) is 2.10. The van der Waals surface area contributed by atoms with Crippen molar-refractivity contribution in [2.75, 3.05) is 33.4 Å². The molecular formula is C14H20N2O3. The monoisotopic (exact) mass is 264 g/mol. The summed E-state index contributed by atoms with van der Waals surface area (Å²) in [4.78, 5) is 13.5. The van der Waals surface area contributed by atoms with Crippen LogP contribution in [0.3, 0.4) is 0 Å². The van der Waals surface area contributed by atoms with E-state index in [2.05, 4.69) is 0 Å². The predicted molar refractivity (Wildman–Crippen MR) is 72.1 cm³/mol. The third kappa shape index (κ3) is 3.68. The minimum Gasteiger partial charge on any atom is -0.497 e. The molecule has 1 fully saturated rings. The van der Waals surface area contributed by atoms with E-state index in [1.54, 1.807) is 7.11 Å². The molecule has 1 saturated heterocycles. The summed E-state index contributed by atoms with van der Waals surface area (Å²) < 4.78 is 10.4. The van der Waals surface area contributed by atoms with Gasteiger partial charge in [0.25, 0.3) is 0 Å². The van der Waals surface area contributed by atoms with Gasteiger partial charge in [-0.15, -0.1) is 0 Å². The second-order valence-electron chi connectivity index (χ2n) is 4.61. The lowest BCUT2D eigenvalue weighted by Crippen LogP contribution is -2.49. The fourth-order valence-electron chi connectivity index (χ4n) is 2.10. The number of amides is 1. The number of rotatable bonds is 5. The molecule has 2 rings (SSSR count). The summed E-state index contributed by atoms with van der Waals surface area (Å²) >= 11 is 0. The Balaban J connectivity index is 1.87. The van der Waals surface area contributed by atoms with Crippen LogP contribution in [0.15, 0.2) is 24.3 Å². The maximum atomic E-state index is 11.7. The molecule has 5 heteroatoms. The Kier molecular flexibility index (Phi) is 4.76. The van der Waals surface area contributed by atoms with E-state index >= 15 is 0 Å². The first-order chi connectivity index (χ1) is 9.22. The van der Waals surface area contributed by atoms with Crippen LogP contribution >= 0.6 is 0 Å². The molecule has 1 aromatic carbocycles. The fraction of sp³-hybridized carbons (Fsp3) is 0.500. The molecule has 0 saturated carbocycles. The number of ether oxygens (including phenoxy) is 2. The summed E-state index contributed by atoms with van der Waals surface area (Å²) in [6, 6.07) is 7.90. The van der Waals surface area contributed by atoms with Gasteiger partial charge < -0.3 is 20.1 Å². The molecule has 0 radical (unpaired) electrons. The Bertz CT molecular complexity index is 419. The van der Waals surface area contributed by atoms with Crippen LogP contribution in [-0.4, -0.2) is 50.3 Å². The van der Waals surface area contributed by atoms with E-state index in [1.165, 1.54) is 5.56 Å². The van der Waals surface area contributed by atoms with Crippen molar-refractivity contribution in [3.05, 3.63) is 29.8 Å². The normalized spacial score (nSPS) is 19.6. The molecule has 0 bridgehead atoms. The Hall–Kier alpha value is -1.59. The SMILES string of the molecule is COc1ccc(CCN2C[C@H](CN)OCC2=O)cc1. The van der Waals surface area contributed by atoms with Crippen LogP contribution in [0.1, 0.15) is 5.56 Å². The molecule has 2 N–H and O–H groups in total. The molecule has 5 nitrogen and oxygen atoms in total. The average Bonchev–Trinajstić information content (AvgIpc) is 2.47. The summed E-state index contributed by atoms with van der Waals surface area (Å²) in [5, 5.41) is 0. The number of nitrogens with zero attached hydrogens (tertiary/aromatic N) is 1. The molecule has 19 heavy (non-hydrogen) atoms. The maximum Gasteiger partial charge on any atom is 0.248 e. The van der Waals surface area contributed by atoms with Gasteiger partial charge in [-0.25, -0.2) is 0 Å². The largest absolute Gasteiger partial charge is 0.497 e. The van der Waals surface area contributed by atoms with Gasteiger partial charge in [-0.3, -0.25) is 4.79 Å². The van der Waals surface area contributed by atoms with E-state index in [-0.39, 0.29) is 18.6 Å². The summed E-state index contributed by atoms with van der Waals surface area (Å²) in [6.45, 7) is 1.88. The molecule has 0 spiro atoms. The van der Waals surface area contributed by atoms with E-state index in [0.29, 0.717) is 19.6 Å². The molecule has 0 aliphatic carbocycles. The average molecular weight is 264 g/mol. The van der Waals surface area contributed by atoms with Gasteiger partial charge in [-0.05, 0) is 24.1 Å². The highest BCUT2D eigenvalue weighted by Gasteiger charge is 2.24. The zero-order valence-corrected chi connectivity index (χ0v) is 11.2. The zero-order valence-electron chi connectivity index (χ0n) is 11.2. The van der Waals surface area contributed by atoms with Crippen molar-refractivity contribution in [1.29, 1.82) is 0 Å². The summed E-state index contributed by atoms with van der Waals surface area (Å²) in [6.07, 6.45) is 0.793. The Morgan fingerprint density at radius 2 is 2.16 bits per heavy atom. The van der Waals surface area contributed by atoms with Crippen LogP contribution in [0.2, 0.25) is 0 Å². The van der Waals surface area contributed by atoms with Crippen LogP contribution in [0.5, 0.6) is 5.75 Å². The molecule has 1 aliphatic heterocycles. The summed E-state index contributed by atoms with van der Waals surface area (Å²) in [5.41, 5.74) is 6.76. The molecular weight excluding hydrogens is 244 g/mol. The van der Waals surface area contributed by atoms with Crippen molar-refractivity contribution >= 4 is 5.91 Å². The van der Waals surface area contributed by atoms with Gasteiger partial charge in [0.1, 0.15) is 12.4 Å². The lowest BCUT2D eigenvalue weighted by Gasteiger charge is -2.32. The van der Waals surface area contributed by atoms with Crippen molar-refractivity contribution < 1.29 is 14.3 Å². The first-order valence-electron chi connectivity index (χ1n) is 6.45. The zero-order chi connectivity index (χ0) is 13.7. The quantitative estimate of drug-likeness (QED) is 0.837. The summed E-state index contributed by atoms with van der Waals surface area (Å²) in [5.74, 6) is 0.882. The standard InChI is InChI=1S/C14H20N2O3/c1-18-12-4-2-11(3-5-12)6-7-16-9-13(8-15)19-10-14(16)17/h2-5,13H,6-10,15H2,1H3/t13-/m0/s1. The molecule has 1 heterocycles. The molecule has 1 aliphatic rings. The number of morpholine rings is 1. The van der Waals surface area contributed by atoms with Gasteiger partial charge in [0.15, 0.2) is 0 Å². The van der Waals surface area contributed by atoms with Gasteiger partial charge in [-0.1, -0.05) is 12.1 Å². The van der Waals surface area contributed by atoms with Crippen LogP contribution in [-0.2, 0) is 16.0 Å². The Morgan fingerprint density at radius 3 is 2.79 bits per heavy atom. The van der Waals surface area contributed by atoms with Gasteiger partial charge >= 0.3 is 0 Å². The van der Waals surface area contributed by atoms with Crippen molar-refractivity contribution in [1.82, 2.24) is 4.90 Å². The first kappa shape index (κ1) is 13.8. The number of benzene rings is 1. The molecule has 1 amide bonds. The third-order valence-corrected chi connectivity index (χ3v) is 3.31. The lowest BCUT2D eigenvalue weighted by atomic mass is 10.1. The van der Waals surface area contributed by atoms with E-state index < -0.39 is 0 Å². The van der Waals surface area contributed by atoms with Crippen molar-refractivity contribution in [3.63, 3.8) is 0 Å². The highest BCUT2D eigenvalue weighted by Crippen LogP contribution is 2.13. The van der Waals surface area contributed by atoms with Gasteiger partial charge in [0.2, 0.25) is 5.91 Å². The van der Waals surface area contributed by atoms with Crippen molar-refractivity contribution in [2.45, 2.75) is 12.5 Å². The van der Waals surface area contributed by atoms with E-state index in [0.717, 1.165) is 12.2 Å². The lowest BCUT2D eigenvalue weighted by molar-refractivity contribution is -0.148. The third-order valence-electron chi connectivity index (χ3n) is 3.31. The smallest absolute Gasteiger partial charge is 0.248 e. The minimum atomic E-state index is -0.0337. The van der Waals surface area contributed by atoms with Crippen LogP contribution < -0.4 is 10.5 Å². The van der Waals surface area contributed by atoms with E-state index in [1.807, 2.05) is 29.2 Å². The van der Waals surface area contributed by atoms with E-state index in [9.17, 15) is 4.79 Å². The highest BCUT2D eigenvalue weighted by molar-refractivity contribution is 5.78. The Labute approximate surface area is 113 Å². The van der Waals surface area contributed by atoms with Crippen LogP contribution in [0, 0.1) is 0 Å². The summed E-state index contributed by atoms with van der Waals surface area (Å²) in [7, 11) is 1.65. The van der Waals surface area contributed by atoms with Gasteiger partial charge in [-0.2, -0.15) is 0 Å². The van der Waals surface area contributed by atoms with Gasteiger partial charge in [0.05, 0.1) is 13.2 Å². The van der Waals surface area contributed by atoms with E-state index in [4.69, 9.17) is 15.2 Å². The Morgan fingerprint density at radius 1 is 1.42 bits per heavy atom. The topological polar surface area (TPSA) is 64.8 Å². The van der Waals surface area contributed by atoms with Crippen molar-refractivity contribution in [3.8, 4) is 5.75 Å². The number of hydrogen-bond acceptors (Lipinski definition) is 4. The van der Waals surface area contributed by atoms with Crippen LogP contribution in [0.4, 0.5) is 0 Å². The molecule has 104 valence electrons. The molecule has 1 atom stereocenters. The number of carbonyl (C=O) groups excluding carboxylic acids is 1. The molecule has 0 aromatic heterocycles. The predicted octanol–water partition coefficient (Wildman–Crippen LogP) is 0.424. The van der Waals surface area contributed by atoms with Crippen molar-refractivity contribution in [2.24, 2.45) is 5.73 Å². The minimum absolute atomic E-state index is 0.0337. The van der Waals surface area contributed by atoms with Crippen LogP contribution in [0.25, 0.3) is 0 Å². The second-order valence-corrected chi connectivity index (χ2v) is 4.61. The number of nitrogens with two attached hydrogens (primary N) is 1. The number of carbonyl (C=O) groups is 1. The highest BCUT2D eigenvalue weighted by atomic mass is 16.5. The molecule has 0 unspecified atom stereocenters. The van der Waals surface area contributed by atoms with Gasteiger partial charge in [0, 0.05) is 19.6 Å². The maximum absolute atomic E-state index is 11.7. The molecule has 1 aromatic rings. The number of hydrogen-bond donors (Lipinski definition) is 1.